The molecule has 0 aliphatic heterocycles. The zero-order valence-corrected chi connectivity index (χ0v) is 21.8. The number of ether oxygens (including phenoxy) is 3. The molecule has 0 atom stereocenters. The highest BCUT2D eigenvalue weighted by Gasteiger charge is 2.16. The van der Waals surface area contributed by atoms with Gasteiger partial charge in [-0.1, -0.05) is 35.5 Å². The Morgan fingerprint density at radius 2 is 1.97 bits per heavy atom. The van der Waals surface area contributed by atoms with Crippen molar-refractivity contribution in [2.24, 2.45) is 0 Å². The molecule has 1 heterocycles. The van der Waals surface area contributed by atoms with Crippen molar-refractivity contribution in [2.75, 3.05) is 24.8 Å². The fraction of sp³-hybridized carbons (Fsp3) is 0.280. The lowest BCUT2D eigenvalue weighted by atomic mass is 10.2. The maximum Gasteiger partial charge on any atom is 0.337 e. The van der Waals surface area contributed by atoms with Crippen molar-refractivity contribution >= 4 is 40.9 Å². The van der Waals surface area contributed by atoms with Gasteiger partial charge in [0.25, 0.3) is 0 Å². The number of esters is 1. The fourth-order valence-electron chi connectivity index (χ4n) is 3.17. The van der Waals surface area contributed by atoms with Crippen LogP contribution in [-0.2, 0) is 22.7 Å². The molecule has 1 amide bonds. The molecule has 0 unspecified atom stereocenters. The smallest absolute Gasteiger partial charge is 0.337 e. The van der Waals surface area contributed by atoms with Crippen molar-refractivity contribution in [2.45, 2.75) is 32.2 Å². The van der Waals surface area contributed by atoms with Crippen LogP contribution in [0.2, 0.25) is 5.02 Å². The minimum Gasteiger partial charge on any atom is -0.490 e. The number of hydrogen-bond donors (Lipinski definition) is 1. The number of aromatic nitrogens is 3. The van der Waals surface area contributed by atoms with E-state index in [1.54, 1.807) is 6.08 Å². The van der Waals surface area contributed by atoms with Crippen molar-refractivity contribution in [1.29, 1.82) is 0 Å². The van der Waals surface area contributed by atoms with Gasteiger partial charge in [0.2, 0.25) is 5.91 Å². The molecule has 190 valence electrons. The topological polar surface area (TPSA) is 105 Å². The monoisotopic (exact) mass is 530 g/mol. The van der Waals surface area contributed by atoms with Gasteiger partial charge in [-0.3, -0.25) is 9.36 Å². The Hall–Kier alpha value is -3.50. The molecular weight excluding hydrogens is 504 g/mol. The van der Waals surface area contributed by atoms with Gasteiger partial charge in [-0.05, 0) is 49.7 Å². The van der Waals surface area contributed by atoms with Crippen LogP contribution in [-0.4, -0.2) is 46.1 Å². The number of rotatable bonds is 12. The zero-order chi connectivity index (χ0) is 26.1. The van der Waals surface area contributed by atoms with Crippen molar-refractivity contribution in [3.8, 4) is 11.5 Å². The molecule has 0 aliphatic rings. The molecule has 9 nitrogen and oxygen atoms in total. The average Bonchev–Trinajstić information content (AvgIpc) is 3.25. The number of carbonyl (C=O) groups is 2. The lowest BCUT2D eigenvalue weighted by molar-refractivity contribution is -0.113. The molecule has 0 saturated heterocycles. The molecule has 1 aromatic heterocycles. The molecular formula is C25H27ClN4O5S. The Kier molecular flexibility index (Phi) is 9.77. The van der Waals surface area contributed by atoms with Crippen molar-refractivity contribution in [1.82, 2.24) is 14.8 Å². The first-order chi connectivity index (χ1) is 17.4. The van der Waals surface area contributed by atoms with Crippen LogP contribution in [0.5, 0.6) is 11.5 Å². The zero-order valence-electron chi connectivity index (χ0n) is 20.2. The maximum absolute atomic E-state index is 12.6. The van der Waals surface area contributed by atoms with Gasteiger partial charge >= 0.3 is 5.97 Å². The van der Waals surface area contributed by atoms with E-state index in [4.69, 9.17) is 25.8 Å². The number of halogens is 1. The lowest BCUT2D eigenvalue weighted by Crippen LogP contribution is -2.16. The van der Waals surface area contributed by atoms with Crippen LogP contribution in [0.15, 0.2) is 54.2 Å². The second kappa shape index (κ2) is 13.0. The van der Waals surface area contributed by atoms with Crippen LogP contribution < -0.4 is 14.8 Å². The number of hydrogen-bond acceptors (Lipinski definition) is 8. The first-order valence-electron chi connectivity index (χ1n) is 11.1. The highest BCUT2D eigenvalue weighted by molar-refractivity contribution is 7.99. The maximum atomic E-state index is 12.6. The molecule has 0 fully saturated rings. The highest BCUT2D eigenvalue weighted by atomic mass is 35.5. The van der Waals surface area contributed by atoms with Gasteiger partial charge in [-0.2, -0.15) is 0 Å². The fourth-order valence-corrected chi connectivity index (χ4v) is 4.10. The summed E-state index contributed by atoms with van der Waals surface area (Å²) in [6, 6.07) is 10.2. The van der Waals surface area contributed by atoms with Gasteiger partial charge in [-0.25, -0.2) is 4.79 Å². The van der Waals surface area contributed by atoms with Crippen LogP contribution in [0.3, 0.4) is 0 Å². The van der Waals surface area contributed by atoms with E-state index in [-0.39, 0.29) is 23.8 Å². The second-order valence-electron chi connectivity index (χ2n) is 7.49. The summed E-state index contributed by atoms with van der Waals surface area (Å²) >= 11 is 7.37. The van der Waals surface area contributed by atoms with Crippen molar-refractivity contribution < 1.29 is 23.8 Å². The Morgan fingerprint density at radius 3 is 2.69 bits per heavy atom. The van der Waals surface area contributed by atoms with E-state index < -0.39 is 5.97 Å². The number of thioether (sulfide) groups is 1. The third-order valence-corrected chi connectivity index (χ3v) is 6.15. The van der Waals surface area contributed by atoms with Crippen LogP contribution in [0, 0.1) is 6.92 Å². The van der Waals surface area contributed by atoms with E-state index in [0.29, 0.717) is 46.3 Å². The van der Waals surface area contributed by atoms with Gasteiger partial charge in [0.15, 0.2) is 22.5 Å². The van der Waals surface area contributed by atoms with E-state index >= 15 is 0 Å². The SMILES string of the molecule is C=CCn1c(COc2ccc(C)cc2OCC)nnc1SCC(=O)Nc1cc(C(=O)OC)ccc1Cl. The minimum absolute atomic E-state index is 0.0430. The largest absolute Gasteiger partial charge is 0.490 e. The molecule has 3 aromatic rings. The Morgan fingerprint density at radius 1 is 1.17 bits per heavy atom. The van der Waals surface area contributed by atoms with Crippen LogP contribution in [0.1, 0.15) is 28.7 Å². The Balaban J connectivity index is 1.67. The number of benzene rings is 2. The number of allylic oxidation sites excluding steroid dienone is 1. The number of nitrogens with one attached hydrogen (secondary N) is 1. The first-order valence-corrected chi connectivity index (χ1v) is 12.4. The van der Waals surface area contributed by atoms with Crippen molar-refractivity contribution in [3.05, 3.63) is 71.0 Å². The third-order valence-electron chi connectivity index (χ3n) is 4.85. The predicted molar refractivity (Wildman–Crippen MR) is 139 cm³/mol. The van der Waals surface area contributed by atoms with E-state index in [2.05, 4.69) is 22.1 Å². The number of methoxy groups -OCH3 is 1. The van der Waals surface area contributed by atoms with Crippen molar-refractivity contribution in [3.63, 3.8) is 0 Å². The summed E-state index contributed by atoms with van der Waals surface area (Å²) in [5, 5.41) is 12.0. The summed E-state index contributed by atoms with van der Waals surface area (Å²) in [5.41, 5.74) is 1.66. The molecule has 0 saturated carbocycles. The van der Waals surface area contributed by atoms with E-state index in [1.165, 1.54) is 37.1 Å². The molecule has 2 aromatic carbocycles. The average molecular weight is 531 g/mol. The molecule has 0 bridgehead atoms. The van der Waals surface area contributed by atoms with Crippen LogP contribution in [0.4, 0.5) is 5.69 Å². The molecule has 1 N–H and O–H groups in total. The quantitative estimate of drug-likeness (QED) is 0.200. The lowest BCUT2D eigenvalue weighted by Gasteiger charge is -2.13. The minimum atomic E-state index is -0.525. The standard InChI is InChI=1S/C25H27ClN4O5S/c1-5-11-30-22(14-35-20-10-7-16(3)12-21(20)34-6-2)28-29-25(30)36-15-23(31)27-19-13-17(24(32)33-4)8-9-18(19)26/h5,7-10,12-13H,1,6,11,14-15H2,2-4H3,(H,27,31). The molecule has 11 heteroatoms. The number of carbonyl (C=O) groups excluding carboxylic acids is 2. The predicted octanol–water partition coefficient (Wildman–Crippen LogP) is 4.92. The number of nitrogens with zero attached hydrogens (tertiary/aromatic N) is 3. The van der Waals surface area contributed by atoms with Crippen LogP contribution in [0.25, 0.3) is 0 Å². The summed E-state index contributed by atoms with van der Waals surface area (Å²) in [7, 11) is 1.28. The van der Waals surface area contributed by atoms with Gasteiger partial charge in [0, 0.05) is 6.54 Å². The summed E-state index contributed by atoms with van der Waals surface area (Å²) < 4.78 is 18.2. The third kappa shape index (κ3) is 7.02. The summed E-state index contributed by atoms with van der Waals surface area (Å²) in [6.07, 6.45) is 1.71. The molecule has 0 spiro atoms. The van der Waals surface area contributed by atoms with Gasteiger partial charge in [0.1, 0.15) is 6.61 Å². The summed E-state index contributed by atoms with van der Waals surface area (Å²) in [6.45, 7) is 8.81. The molecule has 36 heavy (non-hydrogen) atoms. The van der Waals surface area contributed by atoms with E-state index in [0.717, 1.165) is 5.56 Å². The second-order valence-corrected chi connectivity index (χ2v) is 8.84. The Bertz CT molecular complexity index is 1250. The Labute approximate surface area is 218 Å². The van der Waals surface area contributed by atoms with Gasteiger partial charge in [-0.15, -0.1) is 16.8 Å². The molecule has 0 aliphatic carbocycles. The summed E-state index contributed by atoms with van der Waals surface area (Å²) in [4.78, 5) is 24.3. The number of anilines is 1. The molecule has 0 radical (unpaired) electrons. The number of aryl methyl sites for hydroxylation is 1. The van der Waals surface area contributed by atoms with Gasteiger partial charge < -0.3 is 19.5 Å². The highest BCUT2D eigenvalue weighted by Crippen LogP contribution is 2.29. The van der Waals surface area contributed by atoms with E-state index in [9.17, 15) is 9.59 Å². The van der Waals surface area contributed by atoms with Gasteiger partial charge in [0.05, 0.1) is 35.7 Å². The first kappa shape index (κ1) is 27.1. The van der Waals surface area contributed by atoms with E-state index in [1.807, 2.05) is 36.6 Å². The van der Waals surface area contributed by atoms with Crippen LogP contribution >= 0.6 is 23.4 Å². The number of amides is 1. The molecule has 3 rings (SSSR count). The summed E-state index contributed by atoms with van der Waals surface area (Å²) in [5.74, 6) is 1.04. The normalized spacial score (nSPS) is 10.6.